The molecule has 5 nitrogen and oxygen atoms in total. The summed E-state index contributed by atoms with van der Waals surface area (Å²) in [6, 6.07) is -0.408. The maximum absolute atomic E-state index is 14.9. The Bertz CT molecular complexity index is 1300. The molecule has 0 radical (unpaired) electrons. The lowest BCUT2D eigenvalue weighted by Gasteiger charge is -2.21. The largest absolute Gasteiger partial charge is 0.417 e. The number of allylic oxidation sites excluding steroid dienone is 1. The topological polar surface area (TPSA) is 50.8 Å². The second-order valence-corrected chi connectivity index (χ2v) is 8.81. The first-order valence-corrected chi connectivity index (χ1v) is 11.4. The van der Waals surface area contributed by atoms with E-state index in [9.17, 15) is 61.9 Å². The molecule has 0 aliphatic carbocycles. The summed E-state index contributed by atoms with van der Waals surface area (Å²) in [6.07, 6.45) is -15.8. The molecule has 232 valence electrons. The number of amides is 1. The zero-order valence-corrected chi connectivity index (χ0v) is 20.5. The van der Waals surface area contributed by atoms with Crippen molar-refractivity contribution in [2.24, 2.45) is 0 Å². The minimum absolute atomic E-state index is 0.00513. The number of carbonyl (C=O) groups excluding carboxylic acids is 1. The van der Waals surface area contributed by atoms with E-state index >= 15 is 0 Å². The number of nitrogens with zero attached hydrogens (tertiary/aromatic N) is 1. The third-order valence-electron chi connectivity index (χ3n) is 5.58. The van der Waals surface area contributed by atoms with Gasteiger partial charge in [-0.25, -0.2) is 17.6 Å². The molecule has 42 heavy (non-hydrogen) atoms. The minimum atomic E-state index is -5.43. The zero-order chi connectivity index (χ0) is 31.6. The van der Waals surface area contributed by atoms with Gasteiger partial charge in [0.1, 0.15) is 25.0 Å². The molecule has 2 atom stereocenters. The molecule has 1 fully saturated rings. The summed E-state index contributed by atoms with van der Waals surface area (Å²) in [5.74, 6) is -12.7. The summed E-state index contributed by atoms with van der Waals surface area (Å²) in [4.78, 5) is 17.4. The van der Waals surface area contributed by atoms with E-state index in [1.807, 2.05) is 0 Å². The smallest absolute Gasteiger partial charge is 0.362 e. The van der Waals surface area contributed by atoms with Crippen molar-refractivity contribution in [3.8, 4) is 0 Å². The van der Waals surface area contributed by atoms with Gasteiger partial charge < -0.3 is 10.1 Å². The molecule has 18 heteroatoms. The van der Waals surface area contributed by atoms with Crippen LogP contribution in [0.5, 0.6) is 0 Å². The van der Waals surface area contributed by atoms with Gasteiger partial charge in [-0.15, -0.1) is 0 Å². The number of hydrogen-bond donors (Lipinski definition) is 1. The van der Waals surface area contributed by atoms with Gasteiger partial charge in [-0.05, 0) is 35.9 Å². The van der Waals surface area contributed by atoms with Crippen LogP contribution in [0.2, 0.25) is 0 Å². The van der Waals surface area contributed by atoms with Crippen LogP contribution in [0.1, 0.15) is 33.0 Å². The van der Waals surface area contributed by atoms with Crippen LogP contribution >= 0.6 is 0 Å². The zero-order valence-electron chi connectivity index (χ0n) is 20.5. The first-order chi connectivity index (χ1) is 19.3. The van der Waals surface area contributed by atoms with Gasteiger partial charge >= 0.3 is 18.5 Å². The molecule has 1 N–H and O–H groups in total. The first kappa shape index (κ1) is 33.1. The summed E-state index contributed by atoms with van der Waals surface area (Å²) < 4.78 is 180. The van der Waals surface area contributed by atoms with Gasteiger partial charge in [-0.1, -0.05) is 6.07 Å². The van der Waals surface area contributed by atoms with Gasteiger partial charge in [0.25, 0.3) is 5.91 Å². The fourth-order valence-electron chi connectivity index (χ4n) is 3.72. The van der Waals surface area contributed by atoms with Gasteiger partial charge in [0.2, 0.25) is 0 Å². The second-order valence-electron chi connectivity index (χ2n) is 8.81. The molecule has 1 amide bonds. The van der Waals surface area contributed by atoms with E-state index in [0.29, 0.717) is 17.2 Å². The molecule has 0 bridgehead atoms. The van der Waals surface area contributed by atoms with Gasteiger partial charge in [-0.3, -0.25) is 9.63 Å². The van der Waals surface area contributed by atoms with Gasteiger partial charge in [0.15, 0.2) is 17.5 Å². The number of carbonyl (C=O) groups is 1. The number of hydroxylamine groups is 2. The van der Waals surface area contributed by atoms with Gasteiger partial charge in [0, 0.05) is 5.56 Å². The number of alkyl halides is 9. The van der Waals surface area contributed by atoms with Gasteiger partial charge in [0.05, 0.1) is 30.4 Å². The summed E-state index contributed by atoms with van der Waals surface area (Å²) in [5.41, 5.74) is -5.34. The molecule has 0 aromatic heterocycles. The fraction of sp³-hybridized carbons (Fsp3) is 0.375. The molecule has 0 saturated carbocycles. The molecule has 2 aromatic carbocycles. The number of halogens is 13. The lowest BCUT2D eigenvalue weighted by atomic mass is 9.95. The molecular weight excluding hydrogens is 611 g/mol. The highest BCUT2D eigenvalue weighted by Gasteiger charge is 2.41. The third-order valence-corrected chi connectivity index (χ3v) is 5.58. The molecule has 1 unspecified atom stereocenters. The number of nitrogens with one attached hydrogen (secondary N) is 1. The van der Waals surface area contributed by atoms with Crippen LogP contribution in [0.25, 0.3) is 5.83 Å². The highest BCUT2D eigenvalue weighted by atomic mass is 19.4. The Hall–Kier alpha value is -3.38. The second kappa shape index (κ2) is 12.5. The SMILES string of the molecule is O=C(N[C@H]1COCN(CC(F)(F)F)OC1)c1ccc(/C(F)=C/C(c2cc(F)c(F)c(F)c2)C(F)(F)F)cc1C(F)(F)F. The number of ether oxygens (including phenoxy) is 1. The Kier molecular flexibility index (Phi) is 9.83. The monoisotopic (exact) mass is 628 g/mol. The number of benzene rings is 2. The van der Waals surface area contributed by atoms with Crippen molar-refractivity contribution in [2.45, 2.75) is 30.5 Å². The standard InChI is InChI=1S/C24H17F13N2O3/c25-17(6-15(23(32,33)34)12-4-18(26)20(28)19(27)5-12)11-1-2-14(16(3-11)24(35,36)37)21(40)38-13-7-41-10-39(42-8-13)9-22(29,30)31/h1-6,13,15H,7-10H2,(H,38,40)/b17-6-/t13-,15?/m0/s1. The Labute approximate surface area is 227 Å². The minimum Gasteiger partial charge on any atom is -0.362 e. The van der Waals surface area contributed by atoms with E-state index in [-0.39, 0.29) is 24.3 Å². The molecular formula is C24H17F13N2O3. The molecule has 1 aliphatic heterocycles. The predicted molar refractivity (Wildman–Crippen MR) is 116 cm³/mol. The molecule has 0 spiro atoms. The number of rotatable bonds is 6. The van der Waals surface area contributed by atoms with Crippen LogP contribution in [-0.4, -0.2) is 55.9 Å². The van der Waals surface area contributed by atoms with E-state index in [1.165, 1.54) is 0 Å². The van der Waals surface area contributed by atoms with E-state index in [0.717, 1.165) is 0 Å². The van der Waals surface area contributed by atoms with E-state index < -0.39 is 108 Å². The van der Waals surface area contributed by atoms with Gasteiger partial charge in [-0.2, -0.15) is 44.6 Å². The molecule has 1 saturated heterocycles. The summed E-state index contributed by atoms with van der Waals surface area (Å²) in [6.45, 7) is -3.34. The van der Waals surface area contributed by atoms with Crippen molar-refractivity contribution in [2.75, 3.05) is 26.5 Å². The average Bonchev–Trinajstić information content (AvgIpc) is 3.07. The molecule has 3 rings (SSSR count). The fourth-order valence-corrected chi connectivity index (χ4v) is 3.72. The van der Waals surface area contributed by atoms with Crippen molar-refractivity contribution < 1.29 is 71.4 Å². The summed E-state index contributed by atoms with van der Waals surface area (Å²) >= 11 is 0. The lowest BCUT2D eigenvalue weighted by Crippen LogP contribution is -2.42. The van der Waals surface area contributed by atoms with Crippen LogP contribution < -0.4 is 5.32 Å². The van der Waals surface area contributed by atoms with Crippen molar-refractivity contribution in [1.29, 1.82) is 0 Å². The molecule has 2 aromatic rings. The van der Waals surface area contributed by atoms with E-state index in [2.05, 4.69) is 5.32 Å². The van der Waals surface area contributed by atoms with Crippen molar-refractivity contribution in [3.63, 3.8) is 0 Å². The van der Waals surface area contributed by atoms with Crippen LogP contribution in [0.4, 0.5) is 57.1 Å². The average molecular weight is 628 g/mol. The molecule has 1 aliphatic rings. The van der Waals surface area contributed by atoms with Crippen molar-refractivity contribution >= 4 is 11.7 Å². The predicted octanol–water partition coefficient (Wildman–Crippen LogP) is 6.66. The van der Waals surface area contributed by atoms with Crippen molar-refractivity contribution in [3.05, 3.63) is 76.1 Å². The Morgan fingerprint density at radius 1 is 0.976 bits per heavy atom. The Morgan fingerprint density at radius 3 is 2.14 bits per heavy atom. The van der Waals surface area contributed by atoms with E-state index in [1.54, 1.807) is 0 Å². The normalized spacial score (nSPS) is 18.5. The van der Waals surface area contributed by atoms with Crippen LogP contribution in [-0.2, 0) is 15.8 Å². The Balaban J connectivity index is 1.89. The lowest BCUT2D eigenvalue weighted by molar-refractivity contribution is -0.251. The quantitative estimate of drug-likeness (QED) is 0.287. The Morgan fingerprint density at radius 2 is 1.60 bits per heavy atom. The first-order valence-electron chi connectivity index (χ1n) is 11.4. The summed E-state index contributed by atoms with van der Waals surface area (Å²) in [7, 11) is 0. The maximum atomic E-state index is 14.9. The molecule has 1 heterocycles. The van der Waals surface area contributed by atoms with E-state index in [4.69, 9.17) is 9.57 Å². The third kappa shape index (κ3) is 8.57. The number of hydrogen-bond acceptors (Lipinski definition) is 4. The van der Waals surface area contributed by atoms with Crippen LogP contribution in [0, 0.1) is 17.5 Å². The van der Waals surface area contributed by atoms with Crippen LogP contribution in [0.3, 0.4) is 0 Å². The maximum Gasteiger partial charge on any atom is 0.417 e. The van der Waals surface area contributed by atoms with Crippen molar-refractivity contribution in [1.82, 2.24) is 10.4 Å². The highest BCUT2D eigenvalue weighted by molar-refractivity contribution is 5.96. The summed E-state index contributed by atoms with van der Waals surface area (Å²) in [5, 5.41) is 2.41. The highest BCUT2D eigenvalue weighted by Crippen LogP contribution is 2.40. The van der Waals surface area contributed by atoms with Crippen LogP contribution in [0.15, 0.2) is 36.4 Å².